The third kappa shape index (κ3) is 2.00. The summed E-state index contributed by atoms with van der Waals surface area (Å²) in [6, 6.07) is 23.5. The molecule has 1 heteroatoms. The van der Waals surface area contributed by atoms with Gasteiger partial charge in [-0.1, -0.05) is 54.6 Å². The molecule has 0 saturated heterocycles. The van der Waals surface area contributed by atoms with Crippen molar-refractivity contribution in [3.63, 3.8) is 0 Å². The van der Waals surface area contributed by atoms with Crippen LogP contribution in [0.5, 0.6) is 0 Å². The van der Waals surface area contributed by atoms with Crippen LogP contribution < -0.4 is 0 Å². The van der Waals surface area contributed by atoms with Gasteiger partial charge in [-0.2, -0.15) is 0 Å². The van der Waals surface area contributed by atoms with Gasteiger partial charge in [0.15, 0.2) is 0 Å². The first kappa shape index (κ1) is 9.91. The van der Waals surface area contributed by atoms with Gasteiger partial charge in [-0.25, -0.2) is 0 Å². The number of aromatic amines is 1. The first-order chi connectivity index (χ1) is 8.43. The van der Waals surface area contributed by atoms with Crippen molar-refractivity contribution in [3.8, 4) is 22.4 Å². The zero-order valence-corrected chi connectivity index (χ0v) is 9.35. The highest BCUT2D eigenvalue weighted by Gasteiger charge is 2.02. The molecule has 3 rings (SSSR count). The van der Waals surface area contributed by atoms with Gasteiger partial charge in [-0.05, 0) is 28.8 Å². The second-order valence-electron chi connectivity index (χ2n) is 3.96. The minimum absolute atomic E-state index is 1.14. The van der Waals surface area contributed by atoms with Crippen LogP contribution >= 0.6 is 0 Å². The van der Waals surface area contributed by atoms with Gasteiger partial charge in [-0.15, -0.1) is 0 Å². The predicted octanol–water partition coefficient (Wildman–Crippen LogP) is 4.15. The van der Waals surface area contributed by atoms with Crippen LogP contribution in [0.25, 0.3) is 22.4 Å². The third-order valence-electron chi connectivity index (χ3n) is 2.82. The Morgan fingerprint density at radius 2 is 1.53 bits per heavy atom. The minimum Gasteiger partial charge on any atom is -0.361 e. The molecular formula is C16H12N. The second-order valence-corrected chi connectivity index (χ2v) is 3.96. The summed E-state index contributed by atoms with van der Waals surface area (Å²) in [5.41, 5.74) is 4.77. The van der Waals surface area contributed by atoms with Gasteiger partial charge < -0.3 is 4.98 Å². The summed E-state index contributed by atoms with van der Waals surface area (Å²) < 4.78 is 0. The van der Waals surface area contributed by atoms with Crippen molar-refractivity contribution in [3.05, 3.63) is 72.9 Å². The van der Waals surface area contributed by atoms with Crippen molar-refractivity contribution >= 4 is 0 Å². The number of hydrogen-bond acceptors (Lipinski definition) is 0. The summed E-state index contributed by atoms with van der Waals surface area (Å²) in [4.78, 5) is 3.31. The molecule has 0 aliphatic heterocycles. The van der Waals surface area contributed by atoms with Gasteiger partial charge in [0.25, 0.3) is 0 Å². The lowest BCUT2D eigenvalue weighted by Gasteiger charge is -1.96. The lowest BCUT2D eigenvalue weighted by Crippen LogP contribution is -1.74. The van der Waals surface area contributed by atoms with Crippen LogP contribution in [-0.2, 0) is 0 Å². The smallest absolute Gasteiger partial charge is 0.0460 e. The van der Waals surface area contributed by atoms with E-state index in [-0.39, 0.29) is 0 Å². The highest BCUT2D eigenvalue weighted by atomic mass is 14.7. The minimum atomic E-state index is 1.14. The molecular weight excluding hydrogens is 206 g/mol. The first-order valence-corrected chi connectivity index (χ1v) is 5.64. The summed E-state index contributed by atoms with van der Waals surface area (Å²) >= 11 is 0. The fourth-order valence-corrected chi connectivity index (χ4v) is 1.92. The Morgan fingerprint density at radius 3 is 2.29 bits per heavy atom. The normalized spacial score (nSPS) is 10.4. The molecule has 81 valence electrons. The lowest BCUT2D eigenvalue weighted by atomic mass is 10.1. The van der Waals surface area contributed by atoms with Gasteiger partial charge >= 0.3 is 0 Å². The van der Waals surface area contributed by atoms with E-state index in [1.807, 2.05) is 24.4 Å². The molecule has 0 aliphatic carbocycles. The Morgan fingerprint density at radius 1 is 0.765 bits per heavy atom. The molecule has 1 heterocycles. The molecule has 1 N–H and O–H groups in total. The van der Waals surface area contributed by atoms with Crippen LogP contribution in [0.4, 0.5) is 0 Å². The Balaban J connectivity index is 1.99. The van der Waals surface area contributed by atoms with Crippen LogP contribution in [-0.4, -0.2) is 4.98 Å². The van der Waals surface area contributed by atoms with Crippen molar-refractivity contribution in [1.82, 2.24) is 4.98 Å². The maximum atomic E-state index is 3.31. The number of aromatic nitrogens is 1. The molecule has 1 aromatic heterocycles. The Hall–Kier alpha value is -2.28. The largest absolute Gasteiger partial charge is 0.361 e. The van der Waals surface area contributed by atoms with Crippen molar-refractivity contribution in [2.45, 2.75) is 0 Å². The molecule has 1 radical (unpaired) electrons. The monoisotopic (exact) mass is 218 g/mol. The van der Waals surface area contributed by atoms with E-state index in [0.29, 0.717) is 0 Å². The summed E-state index contributed by atoms with van der Waals surface area (Å²) in [5.74, 6) is 0. The fourth-order valence-electron chi connectivity index (χ4n) is 1.92. The van der Waals surface area contributed by atoms with E-state index in [0.717, 1.165) is 5.69 Å². The molecule has 0 unspecified atom stereocenters. The van der Waals surface area contributed by atoms with E-state index < -0.39 is 0 Å². The summed E-state index contributed by atoms with van der Waals surface area (Å²) in [5, 5.41) is 0. The number of H-pyrrole nitrogens is 1. The van der Waals surface area contributed by atoms with Crippen LogP contribution in [0, 0.1) is 6.07 Å². The van der Waals surface area contributed by atoms with Crippen LogP contribution in [0.1, 0.15) is 0 Å². The lowest BCUT2D eigenvalue weighted by molar-refractivity contribution is 1.40. The quantitative estimate of drug-likeness (QED) is 0.665. The fraction of sp³-hybridized carbons (Fsp3) is 0. The number of nitrogens with one attached hydrogen (secondary N) is 1. The Kier molecular flexibility index (Phi) is 2.51. The highest BCUT2D eigenvalue weighted by molar-refractivity contribution is 5.71. The van der Waals surface area contributed by atoms with E-state index >= 15 is 0 Å². The molecule has 2 aromatic carbocycles. The summed E-state index contributed by atoms with van der Waals surface area (Å²) in [7, 11) is 0. The van der Waals surface area contributed by atoms with E-state index in [1.165, 1.54) is 16.7 Å². The molecule has 0 saturated carbocycles. The van der Waals surface area contributed by atoms with Crippen molar-refractivity contribution < 1.29 is 0 Å². The molecule has 0 bridgehead atoms. The molecule has 1 nitrogen and oxygen atoms in total. The SMILES string of the molecule is [c]1ccc(-c2cc(-c3ccccc3)c[nH]2)cc1. The van der Waals surface area contributed by atoms with Gasteiger partial charge in [0.1, 0.15) is 0 Å². The third-order valence-corrected chi connectivity index (χ3v) is 2.82. The maximum absolute atomic E-state index is 3.31. The molecule has 0 atom stereocenters. The van der Waals surface area contributed by atoms with Crippen molar-refractivity contribution in [1.29, 1.82) is 0 Å². The summed E-state index contributed by atoms with van der Waals surface area (Å²) in [6.45, 7) is 0. The van der Waals surface area contributed by atoms with Crippen LogP contribution in [0.3, 0.4) is 0 Å². The molecule has 3 aromatic rings. The molecule has 0 spiro atoms. The number of hydrogen-bond donors (Lipinski definition) is 1. The summed E-state index contributed by atoms with van der Waals surface area (Å²) in [6.07, 6.45) is 2.04. The molecule has 0 fully saturated rings. The molecule has 0 amide bonds. The Labute approximate surface area is 101 Å². The molecule has 0 aliphatic rings. The Bertz CT molecular complexity index is 540. The van der Waals surface area contributed by atoms with Gasteiger partial charge in [0.2, 0.25) is 0 Å². The molecule has 17 heavy (non-hydrogen) atoms. The first-order valence-electron chi connectivity index (χ1n) is 5.64. The standard InChI is InChI=1S/C16H12N/c1-3-7-13(8-4-1)15-11-16(17-12-15)14-9-5-2-6-10-14/h1,3-12,17H. The average molecular weight is 218 g/mol. The van der Waals surface area contributed by atoms with Crippen LogP contribution in [0.15, 0.2) is 66.9 Å². The van der Waals surface area contributed by atoms with Crippen molar-refractivity contribution in [2.75, 3.05) is 0 Å². The zero-order chi connectivity index (χ0) is 11.5. The van der Waals surface area contributed by atoms with E-state index in [2.05, 4.69) is 53.5 Å². The van der Waals surface area contributed by atoms with Gasteiger partial charge in [-0.3, -0.25) is 0 Å². The second kappa shape index (κ2) is 4.30. The number of benzene rings is 2. The average Bonchev–Trinajstić information content (AvgIpc) is 2.90. The van der Waals surface area contributed by atoms with Gasteiger partial charge in [0.05, 0.1) is 0 Å². The van der Waals surface area contributed by atoms with E-state index in [9.17, 15) is 0 Å². The zero-order valence-electron chi connectivity index (χ0n) is 9.35. The topological polar surface area (TPSA) is 15.8 Å². The maximum Gasteiger partial charge on any atom is 0.0460 e. The van der Waals surface area contributed by atoms with Gasteiger partial charge in [0, 0.05) is 11.9 Å². The number of rotatable bonds is 2. The predicted molar refractivity (Wildman–Crippen MR) is 70.5 cm³/mol. The van der Waals surface area contributed by atoms with Crippen molar-refractivity contribution in [2.24, 2.45) is 0 Å². The van der Waals surface area contributed by atoms with E-state index in [4.69, 9.17) is 0 Å². The highest BCUT2D eigenvalue weighted by Crippen LogP contribution is 2.25. The van der Waals surface area contributed by atoms with E-state index in [1.54, 1.807) is 0 Å². The van der Waals surface area contributed by atoms with Crippen LogP contribution in [0.2, 0.25) is 0 Å².